The van der Waals surface area contributed by atoms with Gasteiger partial charge in [-0.05, 0) is 17.2 Å². The molecule has 15 heavy (non-hydrogen) atoms. The number of rotatable bonds is 1. The van der Waals surface area contributed by atoms with Gasteiger partial charge in [-0.25, -0.2) is 4.79 Å². The number of carbonyl (C=O) groups is 1. The highest BCUT2D eigenvalue weighted by molar-refractivity contribution is 5.79. The minimum Gasteiger partial charge on any atom is -0.351 e. The standard InChI is InChI=1S/C12H12N2O/c13-12(15)14-8-4-7-11(9-14)10-5-2-1-3-6-10/h1-8H,9H2,(H2,13,15). The third-order valence-electron chi connectivity index (χ3n) is 2.33. The van der Waals surface area contributed by atoms with E-state index in [0.29, 0.717) is 6.54 Å². The van der Waals surface area contributed by atoms with Gasteiger partial charge in [-0.15, -0.1) is 0 Å². The Bertz CT molecular complexity index is 421. The molecule has 2 N–H and O–H groups in total. The van der Waals surface area contributed by atoms with Gasteiger partial charge in [0, 0.05) is 6.20 Å². The van der Waals surface area contributed by atoms with Crippen molar-refractivity contribution in [3.8, 4) is 0 Å². The molecule has 1 aromatic carbocycles. The second kappa shape index (κ2) is 4.00. The van der Waals surface area contributed by atoms with Gasteiger partial charge in [-0.1, -0.05) is 36.4 Å². The fourth-order valence-electron chi connectivity index (χ4n) is 1.54. The van der Waals surface area contributed by atoms with Gasteiger partial charge >= 0.3 is 6.03 Å². The summed E-state index contributed by atoms with van der Waals surface area (Å²) in [6, 6.07) is 9.53. The van der Waals surface area contributed by atoms with Gasteiger partial charge in [-0.2, -0.15) is 0 Å². The van der Waals surface area contributed by atoms with Gasteiger partial charge in [0.15, 0.2) is 0 Å². The van der Waals surface area contributed by atoms with Crippen LogP contribution in [0.25, 0.3) is 5.57 Å². The molecule has 3 nitrogen and oxygen atoms in total. The van der Waals surface area contributed by atoms with Crippen LogP contribution in [-0.2, 0) is 0 Å². The average Bonchev–Trinajstić information content (AvgIpc) is 2.30. The molecule has 0 radical (unpaired) electrons. The van der Waals surface area contributed by atoms with Crippen LogP contribution in [0.2, 0.25) is 0 Å². The molecule has 0 spiro atoms. The first-order valence-corrected chi connectivity index (χ1v) is 4.76. The summed E-state index contributed by atoms with van der Waals surface area (Å²) in [5.74, 6) is 0. The topological polar surface area (TPSA) is 46.3 Å². The number of benzene rings is 1. The Morgan fingerprint density at radius 3 is 2.67 bits per heavy atom. The average molecular weight is 200 g/mol. The Labute approximate surface area is 88.5 Å². The number of hydrogen-bond acceptors (Lipinski definition) is 1. The maximum Gasteiger partial charge on any atom is 0.319 e. The van der Waals surface area contributed by atoms with E-state index in [1.165, 1.54) is 4.90 Å². The van der Waals surface area contributed by atoms with Crippen LogP contribution in [-0.4, -0.2) is 17.5 Å². The lowest BCUT2D eigenvalue weighted by Gasteiger charge is -2.20. The fourth-order valence-corrected chi connectivity index (χ4v) is 1.54. The van der Waals surface area contributed by atoms with Crippen molar-refractivity contribution in [1.82, 2.24) is 4.90 Å². The molecular weight excluding hydrogens is 188 g/mol. The lowest BCUT2D eigenvalue weighted by molar-refractivity contribution is 0.228. The summed E-state index contributed by atoms with van der Waals surface area (Å²) in [5, 5.41) is 0. The molecule has 0 aromatic heterocycles. The van der Waals surface area contributed by atoms with Crippen LogP contribution in [0.15, 0.2) is 48.7 Å². The van der Waals surface area contributed by atoms with Crippen molar-refractivity contribution in [3.05, 3.63) is 54.2 Å². The molecule has 0 unspecified atom stereocenters. The van der Waals surface area contributed by atoms with Gasteiger partial charge in [0.2, 0.25) is 0 Å². The zero-order valence-corrected chi connectivity index (χ0v) is 8.26. The van der Waals surface area contributed by atoms with Crippen molar-refractivity contribution >= 4 is 11.6 Å². The van der Waals surface area contributed by atoms with Crippen LogP contribution in [0.5, 0.6) is 0 Å². The molecule has 2 amide bonds. The molecule has 1 heterocycles. The highest BCUT2D eigenvalue weighted by Crippen LogP contribution is 2.18. The minimum absolute atomic E-state index is 0.423. The third-order valence-corrected chi connectivity index (χ3v) is 2.33. The second-order valence-electron chi connectivity index (χ2n) is 3.37. The Morgan fingerprint density at radius 2 is 2.00 bits per heavy atom. The first kappa shape index (κ1) is 9.52. The molecule has 1 aliphatic rings. The molecule has 1 aromatic rings. The molecule has 0 fully saturated rings. The predicted octanol–water partition coefficient (Wildman–Crippen LogP) is 1.98. The highest BCUT2D eigenvalue weighted by atomic mass is 16.2. The van der Waals surface area contributed by atoms with Gasteiger partial charge in [-0.3, -0.25) is 4.90 Å². The molecular formula is C12H12N2O. The Balaban J connectivity index is 2.22. The molecule has 0 atom stereocenters. The van der Waals surface area contributed by atoms with Crippen molar-refractivity contribution in [2.75, 3.05) is 6.54 Å². The van der Waals surface area contributed by atoms with Crippen molar-refractivity contribution in [1.29, 1.82) is 0 Å². The molecule has 1 aliphatic heterocycles. The minimum atomic E-state index is -0.423. The van der Waals surface area contributed by atoms with Crippen LogP contribution in [0, 0.1) is 0 Å². The zero-order chi connectivity index (χ0) is 10.7. The smallest absolute Gasteiger partial charge is 0.319 e. The number of hydrogen-bond donors (Lipinski definition) is 1. The molecule has 0 aliphatic carbocycles. The first-order valence-electron chi connectivity index (χ1n) is 4.76. The number of allylic oxidation sites excluding steroid dienone is 2. The van der Waals surface area contributed by atoms with E-state index in [0.717, 1.165) is 11.1 Å². The summed E-state index contributed by atoms with van der Waals surface area (Å²) >= 11 is 0. The molecule has 2 rings (SSSR count). The van der Waals surface area contributed by atoms with Crippen molar-refractivity contribution in [2.45, 2.75) is 0 Å². The lowest BCUT2D eigenvalue weighted by atomic mass is 10.0. The van der Waals surface area contributed by atoms with E-state index in [1.54, 1.807) is 6.20 Å². The number of nitrogens with zero attached hydrogens (tertiary/aromatic N) is 1. The summed E-state index contributed by atoms with van der Waals surface area (Å²) < 4.78 is 0. The van der Waals surface area contributed by atoms with E-state index in [4.69, 9.17) is 5.73 Å². The number of nitrogens with two attached hydrogens (primary N) is 1. The van der Waals surface area contributed by atoms with E-state index in [1.807, 2.05) is 42.5 Å². The van der Waals surface area contributed by atoms with Gasteiger partial charge in [0.05, 0.1) is 6.54 Å². The number of carbonyl (C=O) groups excluding carboxylic acids is 1. The van der Waals surface area contributed by atoms with E-state index < -0.39 is 6.03 Å². The Kier molecular flexibility index (Phi) is 2.54. The summed E-state index contributed by atoms with van der Waals surface area (Å²) in [7, 11) is 0. The van der Waals surface area contributed by atoms with Crippen molar-refractivity contribution in [2.24, 2.45) is 5.73 Å². The van der Waals surface area contributed by atoms with Crippen molar-refractivity contribution < 1.29 is 4.79 Å². The van der Waals surface area contributed by atoms with E-state index >= 15 is 0 Å². The largest absolute Gasteiger partial charge is 0.351 e. The van der Waals surface area contributed by atoms with E-state index in [2.05, 4.69) is 0 Å². The SMILES string of the molecule is NC(=O)N1C=CC=C(c2ccccc2)C1. The zero-order valence-electron chi connectivity index (χ0n) is 8.26. The summed E-state index contributed by atoms with van der Waals surface area (Å²) in [4.78, 5) is 12.5. The fraction of sp³-hybridized carbons (Fsp3) is 0.0833. The van der Waals surface area contributed by atoms with Crippen LogP contribution in [0.4, 0.5) is 4.79 Å². The van der Waals surface area contributed by atoms with Gasteiger partial charge < -0.3 is 5.73 Å². The quantitative estimate of drug-likeness (QED) is 0.740. The molecule has 0 saturated heterocycles. The van der Waals surface area contributed by atoms with E-state index in [9.17, 15) is 4.79 Å². The molecule has 3 heteroatoms. The van der Waals surface area contributed by atoms with Gasteiger partial charge in [0.1, 0.15) is 0 Å². The predicted molar refractivity (Wildman–Crippen MR) is 59.8 cm³/mol. The van der Waals surface area contributed by atoms with Crippen LogP contribution in [0.1, 0.15) is 5.56 Å². The van der Waals surface area contributed by atoms with Gasteiger partial charge in [0.25, 0.3) is 0 Å². The maximum absolute atomic E-state index is 11.0. The van der Waals surface area contributed by atoms with Crippen LogP contribution in [0.3, 0.4) is 0 Å². The van der Waals surface area contributed by atoms with Crippen LogP contribution >= 0.6 is 0 Å². The Hall–Kier alpha value is -2.03. The van der Waals surface area contributed by atoms with Crippen molar-refractivity contribution in [3.63, 3.8) is 0 Å². The Morgan fingerprint density at radius 1 is 1.27 bits per heavy atom. The number of urea groups is 1. The van der Waals surface area contributed by atoms with Crippen LogP contribution < -0.4 is 5.73 Å². The molecule has 76 valence electrons. The molecule has 0 bridgehead atoms. The normalized spacial score (nSPS) is 14.9. The number of amides is 2. The lowest BCUT2D eigenvalue weighted by Crippen LogP contribution is -2.33. The molecule has 0 saturated carbocycles. The highest BCUT2D eigenvalue weighted by Gasteiger charge is 2.12. The number of primary amides is 1. The maximum atomic E-state index is 11.0. The summed E-state index contributed by atoms with van der Waals surface area (Å²) in [5.41, 5.74) is 7.43. The third kappa shape index (κ3) is 2.07. The first-order chi connectivity index (χ1) is 7.27. The monoisotopic (exact) mass is 200 g/mol. The summed E-state index contributed by atoms with van der Waals surface area (Å²) in [6.07, 6.45) is 5.51. The second-order valence-corrected chi connectivity index (χ2v) is 3.37. The van der Waals surface area contributed by atoms with E-state index in [-0.39, 0.29) is 0 Å². The summed E-state index contributed by atoms with van der Waals surface area (Å²) in [6.45, 7) is 0.538.